The van der Waals surface area contributed by atoms with Crippen molar-refractivity contribution in [2.45, 2.75) is 97.2 Å². The van der Waals surface area contributed by atoms with Gasteiger partial charge in [0, 0.05) is 24.7 Å². The second kappa shape index (κ2) is 11.4. The van der Waals surface area contributed by atoms with Crippen LogP contribution in [0.4, 0.5) is 0 Å². The molecular formula is C32H46N2O6. The van der Waals surface area contributed by atoms with Crippen LogP contribution in [0.2, 0.25) is 0 Å². The molecule has 5 rings (SSSR count). The number of aliphatic hydroxyl groups excluding tert-OH is 1. The molecule has 4 fully saturated rings. The van der Waals surface area contributed by atoms with Crippen LogP contribution in [0.1, 0.15) is 95.3 Å². The van der Waals surface area contributed by atoms with E-state index in [2.05, 4.69) is 31.1 Å². The fraction of sp³-hybridized carbons (Fsp3) is 0.750. The highest BCUT2D eigenvalue weighted by molar-refractivity contribution is 5.89. The minimum atomic E-state index is -1.03. The zero-order chi connectivity index (χ0) is 28.7. The van der Waals surface area contributed by atoms with Gasteiger partial charge in [0.25, 0.3) is 0 Å². The number of aliphatic carboxylic acids is 1. The number of rotatable bonds is 8. The van der Waals surface area contributed by atoms with Crippen molar-refractivity contribution >= 4 is 17.8 Å². The number of hydrogen-bond acceptors (Lipinski definition) is 6. The Kier molecular flexibility index (Phi) is 8.29. The van der Waals surface area contributed by atoms with Gasteiger partial charge < -0.3 is 20.3 Å². The molecule has 4 saturated carbocycles. The molecule has 1 aromatic heterocycles. The zero-order valence-electron chi connectivity index (χ0n) is 24.2. The van der Waals surface area contributed by atoms with Gasteiger partial charge in [0.1, 0.15) is 12.6 Å². The van der Waals surface area contributed by atoms with Crippen LogP contribution in [-0.4, -0.2) is 51.8 Å². The first kappa shape index (κ1) is 29.0. The standard InChI is InChI=1S/C32H46N2O6/c1-19(6-9-27(36)34-18-28(37)38)23-7-8-24-29-25(11-13-32(23,24)3)31(2)12-10-22(35)15-21(31)16-26(29)40-30(39)20-5-4-14-33-17-20/h4-5,14,17,19,21-26,29,35H,6-13,15-16,18H2,1-3H3,(H,34,36)(H,37,38)/t19-,21+,22-,23-,24+,25+,26+,29+,31+,32-/m1/s1. The first-order chi connectivity index (χ1) is 19.0. The maximum absolute atomic E-state index is 13.3. The maximum atomic E-state index is 13.3. The molecule has 3 N–H and O–H groups in total. The minimum Gasteiger partial charge on any atom is -0.480 e. The van der Waals surface area contributed by atoms with Gasteiger partial charge in [-0.05, 0) is 110 Å². The number of aliphatic hydroxyl groups is 1. The lowest BCUT2D eigenvalue weighted by Crippen LogP contribution is -2.59. The molecule has 0 radical (unpaired) electrons. The van der Waals surface area contributed by atoms with Crippen LogP contribution < -0.4 is 5.32 Å². The Morgan fingerprint density at radius 3 is 2.58 bits per heavy atom. The molecule has 1 heterocycles. The number of nitrogens with zero attached hydrogens (tertiary/aromatic N) is 1. The quantitative estimate of drug-likeness (QED) is 0.392. The molecule has 8 nitrogen and oxygen atoms in total. The van der Waals surface area contributed by atoms with Gasteiger partial charge in [0.05, 0.1) is 11.7 Å². The molecule has 4 aliphatic carbocycles. The van der Waals surface area contributed by atoms with Gasteiger partial charge in [-0.25, -0.2) is 4.79 Å². The Morgan fingerprint density at radius 1 is 1.10 bits per heavy atom. The number of aromatic nitrogens is 1. The third-order valence-corrected chi connectivity index (χ3v) is 11.8. The summed E-state index contributed by atoms with van der Waals surface area (Å²) in [6.45, 7) is 6.78. The molecule has 220 valence electrons. The van der Waals surface area contributed by atoms with Crippen molar-refractivity contribution in [2.24, 2.45) is 46.3 Å². The number of fused-ring (bicyclic) bond motifs is 5. The Labute approximate surface area is 237 Å². The number of ether oxygens (including phenoxy) is 1. The smallest absolute Gasteiger partial charge is 0.339 e. The molecule has 1 aromatic rings. The summed E-state index contributed by atoms with van der Waals surface area (Å²) < 4.78 is 6.39. The number of carboxylic acid groups (broad SMARTS) is 1. The average molecular weight is 555 g/mol. The van der Waals surface area contributed by atoms with E-state index in [-0.39, 0.29) is 47.4 Å². The van der Waals surface area contributed by atoms with Crippen molar-refractivity contribution in [3.8, 4) is 0 Å². The maximum Gasteiger partial charge on any atom is 0.339 e. The average Bonchev–Trinajstić information content (AvgIpc) is 3.29. The summed E-state index contributed by atoms with van der Waals surface area (Å²) in [5.41, 5.74) is 0.733. The molecule has 10 atom stereocenters. The third kappa shape index (κ3) is 5.40. The fourth-order valence-electron chi connectivity index (χ4n) is 9.78. The lowest BCUT2D eigenvalue weighted by Gasteiger charge is -2.62. The van der Waals surface area contributed by atoms with Crippen LogP contribution in [0.25, 0.3) is 0 Å². The highest BCUT2D eigenvalue weighted by Crippen LogP contribution is 2.68. The first-order valence-corrected chi connectivity index (χ1v) is 15.3. The van der Waals surface area contributed by atoms with E-state index in [0.29, 0.717) is 41.6 Å². The number of carboxylic acids is 1. The SMILES string of the molecule is C[C@H](CCC(=O)NCC(=O)O)[C@H]1CC[C@H]2[C@@H]3[C@@H](OC(=O)c4cccnc4)C[C@@H]4C[C@H](O)CC[C@]4(C)[C@H]3CC[C@]12C. The molecule has 8 heteroatoms. The van der Waals surface area contributed by atoms with Crippen LogP contribution in [0.15, 0.2) is 24.5 Å². The molecule has 1 amide bonds. The summed E-state index contributed by atoms with van der Waals surface area (Å²) in [4.78, 5) is 40.4. The van der Waals surface area contributed by atoms with Crippen LogP contribution in [-0.2, 0) is 14.3 Å². The van der Waals surface area contributed by atoms with Gasteiger partial charge in [-0.3, -0.25) is 14.6 Å². The van der Waals surface area contributed by atoms with E-state index in [1.54, 1.807) is 24.5 Å². The highest BCUT2D eigenvalue weighted by Gasteiger charge is 2.63. The lowest BCUT2D eigenvalue weighted by atomic mass is 9.43. The molecule has 0 bridgehead atoms. The molecule has 0 aliphatic heterocycles. The number of amides is 1. The highest BCUT2D eigenvalue weighted by atomic mass is 16.5. The van der Waals surface area contributed by atoms with Gasteiger partial charge in [0.2, 0.25) is 5.91 Å². The van der Waals surface area contributed by atoms with Crippen LogP contribution in [0, 0.1) is 46.3 Å². The molecule has 0 saturated heterocycles. The Bertz CT molecular complexity index is 1100. The van der Waals surface area contributed by atoms with E-state index < -0.39 is 5.97 Å². The summed E-state index contributed by atoms with van der Waals surface area (Å²) >= 11 is 0. The van der Waals surface area contributed by atoms with Crippen molar-refractivity contribution in [1.29, 1.82) is 0 Å². The number of hydrogen-bond donors (Lipinski definition) is 3. The second-order valence-corrected chi connectivity index (χ2v) is 13.8. The molecule has 40 heavy (non-hydrogen) atoms. The monoisotopic (exact) mass is 554 g/mol. The second-order valence-electron chi connectivity index (χ2n) is 13.8. The third-order valence-electron chi connectivity index (χ3n) is 11.8. The Balaban J connectivity index is 1.36. The topological polar surface area (TPSA) is 126 Å². The van der Waals surface area contributed by atoms with E-state index in [1.165, 1.54) is 0 Å². The number of carbonyl (C=O) groups excluding carboxylic acids is 2. The van der Waals surface area contributed by atoms with E-state index in [9.17, 15) is 19.5 Å². The van der Waals surface area contributed by atoms with Gasteiger partial charge in [-0.2, -0.15) is 0 Å². The summed E-state index contributed by atoms with van der Waals surface area (Å²) in [5.74, 6) is 0.801. The predicted molar refractivity (Wildman–Crippen MR) is 149 cm³/mol. The molecule has 0 spiro atoms. The Hall–Kier alpha value is -2.48. The molecule has 4 aliphatic rings. The predicted octanol–water partition coefficient (Wildman–Crippen LogP) is 4.85. The summed E-state index contributed by atoms with van der Waals surface area (Å²) in [5, 5.41) is 21.9. The summed E-state index contributed by atoms with van der Waals surface area (Å²) in [6.07, 6.45) is 11.7. The van der Waals surface area contributed by atoms with Crippen molar-refractivity contribution in [3.05, 3.63) is 30.1 Å². The lowest BCUT2D eigenvalue weighted by molar-refractivity contribution is -0.175. The van der Waals surface area contributed by atoms with E-state index in [4.69, 9.17) is 9.84 Å². The van der Waals surface area contributed by atoms with Crippen LogP contribution in [0.3, 0.4) is 0 Å². The van der Waals surface area contributed by atoms with Gasteiger partial charge in [-0.15, -0.1) is 0 Å². The van der Waals surface area contributed by atoms with Crippen molar-refractivity contribution in [1.82, 2.24) is 10.3 Å². The van der Waals surface area contributed by atoms with E-state index in [0.717, 1.165) is 57.8 Å². The Morgan fingerprint density at radius 2 is 1.85 bits per heavy atom. The van der Waals surface area contributed by atoms with Crippen LogP contribution >= 0.6 is 0 Å². The fourth-order valence-corrected chi connectivity index (χ4v) is 9.78. The van der Waals surface area contributed by atoms with Crippen molar-refractivity contribution in [3.63, 3.8) is 0 Å². The van der Waals surface area contributed by atoms with Gasteiger partial charge in [0.15, 0.2) is 0 Å². The largest absolute Gasteiger partial charge is 0.480 e. The van der Waals surface area contributed by atoms with E-state index >= 15 is 0 Å². The number of pyridine rings is 1. The number of carbonyl (C=O) groups is 3. The normalized spacial score (nSPS) is 39.2. The first-order valence-electron chi connectivity index (χ1n) is 15.3. The summed E-state index contributed by atoms with van der Waals surface area (Å²) in [6, 6.07) is 3.52. The molecule has 0 aromatic carbocycles. The minimum absolute atomic E-state index is 0.106. The van der Waals surface area contributed by atoms with E-state index in [1.807, 2.05) is 0 Å². The van der Waals surface area contributed by atoms with Crippen molar-refractivity contribution < 1.29 is 29.3 Å². The van der Waals surface area contributed by atoms with Crippen LogP contribution in [0.5, 0.6) is 0 Å². The van der Waals surface area contributed by atoms with Crippen molar-refractivity contribution in [2.75, 3.05) is 6.54 Å². The zero-order valence-corrected chi connectivity index (χ0v) is 24.2. The molecular weight excluding hydrogens is 508 g/mol. The number of esters is 1. The van der Waals surface area contributed by atoms with Gasteiger partial charge >= 0.3 is 11.9 Å². The molecule has 0 unspecified atom stereocenters. The van der Waals surface area contributed by atoms with Gasteiger partial charge in [-0.1, -0.05) is 20.8 Å². The number of nitrogens with one attached hydrogen (secondary N) is 1. The summed E-state index contributed by atoms with van der Waals surface area (Å²) in [7, 11) is 0.